The predicted octanol–water partition coefficient (Wildman–Crippen LogP) is 3.81. The van der Waals surface area contributed by atoms with Crippen LogP contribution in [0.4, 0.5) is 5.69 Å². The Hall–Kier alpha value is -2.31. The van der Waals surface area contributed by atoms with Crippen LogP contribution in [0.2, 0.25) is 5.02 Å². The van der Waals surface area contributed by atoms with Crippen LogP contribution in [0.25, 0.3) is 0 Å². The summed E-state index contributed by atoms with van der Waals surface area (Å²) in [7, 11) is 1.55. The van der Waals surface area contributed by atoms with Crippen LogP contribution in [0.15, 0.2) is 34.7 Å². The van der Waals surface area contributed by atoms with Gasteiger partial charge in [-0.2, -0.15) is 0 Å². The summed E-state index contributed by atoms with van der Waals surface area (Å²) < 4.78 is 10.3. The largest absolute Gasteiger partial charge is 0.453 e. The van der Waals surface area contributed by atoms with Gasteiger partial charge in [-0.3, -0.25) is 9.59 Å². The summed E-state index contributed by atoms with van der Waals surface area (Å²) in [4.78, 5) is 26.3. The number of anilines is 1. The lowest BCUT2D eigenvalue weighted by Gasteiger charge is -2.19. The maximum Gasteiger partial charge on any atom is 0.291 e. The van der Waals surface area contributed by atoms with Crippen LogP contribution >= 0.6 is 11.6 Å². The first kappa shape index (κ1) is 19.0. The molecule has 2 rings (SSSR count). The van der Waals surface area contributed by atoms with Crippen molar-refractivity contribution in [2.24, 2.45) is 0 Å². The summed E-state index contributed by atoms with van der Waals surface area (Å²) in [6.07, 6.45) is 0. The first-order valence-corrected chi connectivity index (χ1v) is 8.35. The Labute approximate surface area is 151 Å². The Bertz CT molecular complexity index is 753. The number of furan rings is 1. The summed E-state index contributed by atoms with van der Waals surface area (Å²) in [5, 5.41) is 2.98. The molecule has 7 heteroatoms. The molecule has 0 aliphatic rings. The predicted molar refractivity (Wildman–Crippen MR) is 96.1 cm³/mol. The molecule has 0 atom stereocenters. The van der Waals surface area contributed by atoms with E-state index in [-0.39, 0.29) is 16.7 Å². The molecule has 1 heterocycles. The maximum absolute atomic E-state index is 12.4. The fourth-order valence-corrected chi connectivity index (χ4v) is 2.62. The molecule has 6 nitrogen and oxygen atoms in total. The van der Waals surface area contributed by atoms with Crippen LogP contribution in [0.5, 0.6) is 0 Å². The standard InChI is InChI=1S/C18H21ClN2O4/c1-4-21(5-2)18(23)14-8-6-12(10-15(14)19)20-17(22)16-9-7-13(25-16)11-24-3/h6-10H,4-5,11H2,1-3H3,(H,20,22). The molecule has 0 unspecified atom stereocenters. The number of methoxy groups -OCH3 is 1. The lowest BCUT2D eigenvalue weighted by Crippen LogP contribution is -2.30. The Morgan fingerprint density at radius 2 is 1.92 bits per heavy atom. The Morgan fingerprint density at radius 3 is 2.52 bits per heavy atom. The van der Waals surface area contributed by atoms with Crippen LogP contribution in [-0.4, -0.2) is 36.9 Å². The molecule has 1 N–H and O–H groups in total. The number of ether oxygens (including phenoxy) is 1. The molecule has 0 aliphatic heterocycles. The summed E-state index contributed by atoms with van der Waals surface area (Å²) in [6, 6.07) is 8.05. The number of carbonyl (C=O) groups excluding carboxylic acids is 2. The number of benzene rings is 1. The number of nitrogens with zero attached hydrogens (tertiary/aromatic N) is 1. The molecule has 0 saturated heterocycles. The number of rotatable bonds is 7. The van der Waals surface area contributed by atoms with E-state index in [0.29, 0.717) is 36.7 Å². The van der Waals surface area contributed by atoms with E-state index in [1.54, 1.807) is 42.3 Å². The van der Waals surface area contributed by atoms with Gasteiger partial charge in [-0.05, 0) is 44.2 Å². The molecule has 0 aliphatic carbocycles. The van der Waals surface area contributed by atoms with Crippen LogP contribution < -0.4 is 5.32 Å². The van der Waals surface area contributed by atoms with Gasteiger partial charge in [0.15, 0.2) is 5.76 Å². The summed E-state index contributed by atoms with van der Waals surface area (Å²) in [5.74, 6) is 0.196. The third-order valence-corrected chi connectivity index (χ3v) is 3.99. The number of hydrogen-bond acceptors (Lipinski definition) is 4. The van der Waals surface area contributed by atoms with Crippen molar-refractivity contribution in [3.05, 3.63) is 52.4 Å². The molecule has 0 fully saturated rings. The van der Waals surface area contributed by atoms with Crippen molar-refractivity contribution in [2.75, 3.05) is 25.5 Å². The highest BCUT2D eigenvalue weighted by Gasteiger charge is 2.17. The van der Waals surface area contributed by atoms with Gasteiger partial charge in [0.05, 0.1) is 10.6 Å². The molecule has 0 radical (unpaired) electrons. The topological polar surface area (TPSA) is 71.8 Å². The van der Waals surface area contributed by atoms with Crippen molar-refractivity contribution in [3.63, 3.8) is 0 Å². The molecule has 25 heavy (non-hydrogen) atoms. The fourth-order valence-electron chi connectivity index (χ4n) is 2.36. The normalized spacial score (nSPS) is 10.6. The van der Waals surface area contributed by atoms with E-state index in [2.05, 4.69) is 5.32 Å². The van der Waals surface area contributed by atoms with E-state index in [4.69, 9.17) is 20.8 Å². The molecule has 134 valence electrons. The van der Waals surface area contributed by atoms with E-state index < -0.39 is 5.91 Å². The SMILES string of the molecule is CCN(CC)C(=O)c1ccc(NC(=O)c2ccc(COC)o2)cc1Cl. The van der Waals surface area contributed by atoms with Gasteiger partial charge in [0.1, 0.15) is 12.4 Å². The van der Waals surface area contributed by atoms with Crippen LogP contribution in [-0.2, 0) is 11.3 Å². The van der Waals surface area contributed by atoms with E-state index in [1.807, 2.05) is 13.8 Å². The van der Waals surface area contributed by atoms with Gasteiger partial charge in [0, 0.05) is 25.9 Å². The van der Waals surface area contributed by atoms with Crippen molar-refractivity contribution < 1.29 is 18.7 Å². The average molecular weight is 365 g/mol. The van der Waals surface area contributed by atoms with Gasteiger partial charge < -0.3 is 19.4 Å². The van der Waals surface area contributed by atoms with Gasteiger partial charge in [0.2, 0.25) is 0 Å². The third-order valence-electron chi connectivity index (χ3n) is 3.68. The minimum atomic E-state index is -0.402. The molecular weight excluding hydrogens is 344 g/mol. The number of carbonyl (C=O) groups is 2. The van der Waals surface area contributed by atoms with Gasteiger partial charge >= 0.3 is 0 Å². The lowest BCUT2D eigenvalue weighted by molar-refractivity contribution is 0.0773. The molecule has 2 amide bonds. The highest BCUT2D eigenvalue weighted by molar-refractivity contribution is 6.34. The van der Waals surface area contributed by atoms with Crippen molar-refractivity contribution >= 4 is 29.1 Å². The summed E-state index contributed by atoms with van der Waals surface area (Å²) in [6.45, 7) is 5.32. The molecule has 0 saturated carbocycles. The highest BCUT2D eigenvalue weighted by atomic mass is 35.5. The fraction of sp³-hybridized carbons (Fsp3) is 0.333. The minimum absolute atomic E-state index is 0.136. The molecule has 0 spiro atoms. The average Bonchev–Trinajstić information content (AvgIpc) is 3.05. The lowest BCUT2D eigenvalue weighted by atomic mass is 10.1. The zero-order chi connectivity index (χ0) is 18.4. The molecule has 2 aromatic rings. The van der Waals surface area contributed by atoms with Crippen molar-refractivity contribution in [1.82, 2.24) is 4.90 Å². The Kier molecular flexibility index (Phi) is 6.61. The Morgan fingerprint density at radius 1 is 1.20 bits per heavy atom. The van der Waals surface area contributed by atoms with Crippen molar-refractivity contribution in [1.29, 1.82) is 0 Å². The maximum atomic E-state index is 12.4. The van der Waals surface area contributed by atoms with Crippen LogP contribution in [0.3, 0.4) is 0 Å². The second-order valence-electron chi connectivity index (χ2n) is 5.33. The molecule has 1 aromatic heterocycles. The van der Waals surface area contributed by atoms with Crippen molar-refractivity contribution in [2.45, 2.75) is 20.5 Å². The van der Waals surface area contributed by atoms with Gasteiger partial charge in [-0.25, -0.2) is 0 Å². The number of hydrogen-bond donors (Lipinski definition) is 1. The van der Waals surface area contributed by atoms with E-state index in [9.17, 15) is 9.59 Å². The van der Waals surface area contributed by atoms with Gasteiger partial charge in [0.25, 0.3) is 11.8 Å². The van der Waals surface area contributed by atoms with Crippen molar-refractivity contribution in [3.8, 4) is 0 Å². The first-order chi connectivity index (χ1) is 12.0. The zero-order valence-corrected chi connectivity index (χ0v) is 15.2. The molecular formula is C18H21ClN2O4. The molecule has 0 bridgehead atoms. The zero-order valence-electron chi connectivity index (χ0n) is 14.5. The van der Waals surface area contributed by atoms with E-state index >= 15 is 0 Å². The van der Waals surface area contributed by atoms with E-state index in [0.717, 1.165) is 0 Å². The summed E-state index contributed by atoms with van der Waals surface area (Å²) in [5.41, 5.74) is 0.888. The van der Waals surface area contributed by atoms with Gasteiger partial charge in [-0.15, -0.1) is 0 Å². The van der Waals surface area contributed by atoms with Crippen LogP contribution in [0.1, 0.15) is 40.5 Å². The minimum Gasteiger partial charge on any atom is -0.453 e. The van der Waals surface area contributed by atoms with Crippen LogP contribution in [0, 0.1) is 0 Å². The smallest absolute Gasteiger partial charge is 0.291 e. The number of halogens is 1. The highest BCUT2D eigenvalue weighted by Crippen LogP contribution is 2.23. The van der Waals surface area contributed by atoms with Gasteiger partial charge in [-0.1, -0.05) is 11.6 Å². The number of amides is 2. The van der Waals surface area contributed by atoms with E-state index in [1.165, 1.54) is 0 Å². The third kappa shape index (κ3) is 4.61. The monoisotopic (exact) mass is 364 g/mol. The number of nitrogens with one attached hydrogen (secondary N) is 1. The first-order valence-electron chi connectivity index (χ1n) is 7.97. The second-order valence-corrected chi connectivity index (χ2v) is 5.73. The molecule has 1 aromatic carbocycles. The second kappa shape index (κ2) is 8.69. The Balaban J connectivity index is 2.11. The quantitative estimate of drug-likeness (QED) is 0.810. The summed E-state index contributed by atoms with van der Waals surface area (Å²) >= 11 is 6.22.